The Balaban J connectivity index is 2.39. The molecule has 5 heteroatoms. The van der Waals surface area contributed by atoms with Crippen molar-refractivity contribution >= 4 is 11.9 Å². The number of carbonyl (C=O) groups is 2. The minimum atomic E-state index is -0.262. The second-order valence-electron chi connectivity index (χ2n) is 4.98. The first kappa shape index (κ1) is 17.0. The van der Waals surface area contributed by atoms with E-state index in [1.54, 1.807) is 11.9 Å². The molecule has 0 spiro atoms. The number of esters is 1. The average Bonchev–Trinajstić information content (AvgIpc) is 2.48. The van der Waals surface area contributed by atoms with E-state index in [1.165, 1.54) is 7.11 Å². The minimum Gasteiger partial charge on any atom is -0.483 e. The Morgan fingerprint density at radius 1 is 1.24 bits per heavy atom. The van der Waals surface area contributed by atoms with E-state index in [2.05, 4.69) is 4.74 Å². The van der Waals surface area contributed by atoms with Gasteiger partial charge in [0.2, 0.25) is 0 Å². The molecule has 0 aliphatic rings. The fourth-order valence-corrected chi connectivity index (χ4v) is 1.82. The molecule has 0 fully saturated rings. The molecule has 116 valence electrons. The lowest BCUT2D eigenvalue weighted by atomic mass is 10.1. The number of ether oxygens (including phenoxy) is 2. The molecule has 0 unspecified atom stereocenters. The first-order valence-corrected chi connectivity index (χ1v) is 6.95. The maximum atomic E-state index is 11.9. The van der Waals surface area contributed by atoms with Gasteiger partial charge in [-0.05, 0) is 37.5 Å². The van der Waals surface area contributed by atoms with E-state index in [0.29, 0.717) is 19.4 Å². The molecule has 0 radical (unpaired) electrons. The number of rotatable bonds is 7. The standard InChI is InChI=1S/C16H23NO4/c1-12-7-5-8-14(13(12)2)21-11-15(18)17(3)10-6-9-16(19)20-4/h5,7-8H,6,9-11H2,1-4H3. The number of aryl methyl sites for hydroxylation is 1. The SMILES string of the molecule is COC(=O)CCCN(C)C(=O)COc1cccc(C)c1C. The van der Waals surface area contributed by atoms with Crippen LogP contribution in [-0.4, -0.2) is 44.1 Å². The molecule has 0 aliphatic heterocycles. The van der Waals surface area contributed by atoms with Crippen LogP contribution in [0.1, 0.15) is 24.0 Å². The molecule has 0 N–H and O–H groups in total. The van der Waals surface area contributed by atoms with E-state index in [4.69, 9.17) is 4.74 Å². The van der Waals surface area contributed by atoms with Gasteiger partial charge in [0.05, 0.1) is 7.11 Å². The summed E-state index contributed by atoms with van der Waals surface area (Å²) in [6.07, 6.45) is 0.893. The smallest absolute Gasteiger partial charge is 0.305 e. The van der Waals surface area contributed by atoms with Crippen molar-refractivity contribution in [2.24, 2.45) is 0 Å². The van der Waals surface area contributed by atoms with Crippen molar-refractivity contribution < 1.29 is 19.1 Å². The van der Waals surface area contributed by atoms with Gasteiger partial charge >= 0.3 is 5.97 Å². The molecular weight excluding hydrogens is 270 g/mol. The summed E-state index contributed by atoms with van der Waals surface area (Å²) in [4.78, 5) is 24.5. The van der Waals surface area contributed by atoms with E-state index in [9.17, 15) is 9.59 Å². The highest BCUT2D eigenvalue weighted by Gasteiger charge is 2.11. The van der Waals surface area contributed by atoms with Crippen LogP contribution in [0.4, 0.5) is 0 Å². The van der Waals surface area contributed by atoms with Gasteiger partial charge in [0.15, 0.2) is 6.61 Å². The Morgan fingerprint density at radius 3 is 2.62 bits per heavy atom. The molecule has 0 bridgehead atoms. The van der Waals surface area contributed by atoms with Gasteiger partial charge in [-0.2, -0.15) is 0 Å². The maximum absolute atomic E-state index is 11.9. The van der Waals surface area contributed by atoms with Crippen LogP contribution in [0.5, 0.6) is 5.75 Å². The highest BCUT2D eigenvalue weighted by atomic mass is 16.5. The molecule has 1 amide bonds. The van der Waals surface area contributed by atoms with Gasteiger partial charge in [0.25, 0.3) is 5.91 Å². The third-order valence-electron chi connectivity index (χ3n) is 3.43. The lowest BCUT2D eigenvalue weighted by molar-refractivity contribution is -0.141. The number of methoxy groups -OCH3 is 1. The lowest BCUT2D eigenvalue weighted by Gasteiger charge is -2.18. The summed E-state index contributed by atoms with van der Waals surface area (Å²) in [6, 6.07) is 5.76. The van der Waals surface area contributed by atoms with Crippen LogP contribution in [0, 0.1) is 13.8 Å². The number of hydrogen-bond acceptors (Lipinski definition) is 4. The van der Waals surface area contributed by atoms with Crippen molar-refractivity contribution in [3.63, 3.8) is 0 Å². The number of hydrogen-bond donors (Lipinski definition) is 0. The van der Waals surface area contributed by atoms with E-state index >= 15 is 0 Å². The fraction of sp³-hybridized carbons (Fsp3) is 0.500. The van der Waals surface area contributed by atoms with Crippen LogP contribution in [0.15, 0.2) is 18.2 Å². The number of carbonyl (C=O) groups excluding carboxylic acids is 2. The Bertz CT molecular complexity index is 499. The first-order valence-electron chi connectivity index (χ1n) is 6.95. The molecule has 1 aromatic carbocycles. The summed E-state index contributed by atoms with van der Waals surface area (Å²) >= 11 is 0. The van der Waals surface area contributed by atoms with Crippen molar-refractivity contribution in [1.29, 1.82) is 0 Å². The highest BCUT2D eigenvalue weighted by Crippen LogP contribution is 2.20. The van der Waals surface area contributed by atoms with E-state index < -0.39 is 0 Å². The average molecular weight is 293 g/mol. The van der Waals surface area contributed by atoms with Crippen molar-refractivity contribution in [3.05, 3.63) is 29.3 Å². The van der Waals surface area contributed by atoms with Crippen LogP contribution < -0.4 is 4.74 Å². The molecule has 0 saturated heterocycles. The van der Waals surface area contributed by atoms with Crippen LogP contribution in [0.25, 0.3) is 0 Å². The molecule has 1 rings (SSSR count). The molecule has 0 saturated carbocycles. The van der Waals surface area contributed by atoms with Gasteiger partial charge in [-0.3, -0.25) is 9.59 Å². The minimum absolute atomic E-state index is 0.000975. The van der Waals surface area contributed by atoms with Gasteiger partial charge in [0, 0.05) is 20.0 Å². The monoisotopic (exact) mass is 293 g/mol. The second-order valence-corrected chi connectivity index (χ2v) is 4.98. The topological polar surface area (TPSA) is 55.8 Å². The highest BCUT2D eigenvalue weighted by molar-refractivity contribution is 5.77. The third kappa shape index (κ3) is 5.45. The number of likely N-dealkylation sites (N-methyl/N-ethyl adjacent to an activating group) is 1. The maximum Gasteiger partial charge on any atom is 0.305 e. The second kappa shape index (κ2) is 8.29. The van der Waals surface area contributed by atoms with Crippen molar-refractivity contribution in [2.45, 2.75) is 26.7 Å². The lowest BCUT2D eigenvalue weighted by Crippen LogP contribution is -2.32. The number of benzene rings is 1. The zero-order valence-electron chi connectivity index (χ0n) is 13.1. The van der Waals surface area contributed by atoms with Gasteiger partial charge < -0.3 is 14.4 Å². The van der Waals surface area contributed by atoms with Gasteiger partial charge in [0.1, 0.15) is 5.75 Å². The van der Waals surface area contributed by atoms with E-state index in [0.717, 1.165) is 16.9 Å². The van der Waals surface area contributed by atoms with E-state index in [-0.39, 0.29) is 18.5 Å². The molecule has 0 heterocycles. The number of nitrogens with zero attached hydrogens (tertiary/aromatic N) is 1. The summed E-state index contributed by atoms with van der Waals surface area (Å²) < 4.78 is 10.1. The number of amides is 1. The predicted molar refractivity (Wildman–Crippen MR) is 80.3 cm³/mol. The van der Waals surface area contributed by atoms with Crippen molar-refractivity contribution in [2.75, 3.05) is 27.3 Å². The van der Waals surface area contributed by atoms with Crippen LogP contribution in [0.2, 0.25) is 0 Å². The molecule has 5 nitrogen and oxygen atoms in total. The summed E-state index contributed by atoms with van der Waals surface area (Å²) in [5, 5.41) is 0. The Kier molecular flexibility index (Phi) is 6.72. The predicted octanol–water partition coefficient (Wildman–Crippen LogP) is 2.09. The van der Waals surface area contributed by atoms with Crippen LogP contribution in [0.3, 0.4) is 0 Å². The fourth-order valence-electron chi connectivity index (χ4n) is 1.82. The van der Waals surface area contributed by atoms with Crippen LogP contribution >= 0.6 is 0 Å². The molecule has 0 aromatic heterocycles. The first-order chi connectivity index (χ1) is 9.95. The Morgan fingerprint density at radius 2 is 1.95 bits per heavy atom. The largest absolute Gasteiger partial charge is 0.483 e. The van der Waals surface area contributed by atoms with E-state index in [1.807, 2.05) is 32.0 Å². The zero-order chi connectivity index (χ0) is 15.8. The normalized spacial score (nSPS) is 10.1. The zero-order valence-corrected chi connectivity index (χ0v) is 13.1. The third-order valence-corrected chi connectivity index (χ3v) is 3.43. The molecule has 0 aliphatic carbocycles. The van der Waals surface area contributed by atoms with Crippen molar-refractivity contribution in [1.82, 2.24) is 4.90 Å². The summed E-state index contributed by atoms with van der Waals surface area (Å²) in [5.41, 5.74) is 2.17. The van der Waals surface area contributed by atoms with Crippen molar-refractivity contribution in [3.8, 4) is 5.75 Å². The van der Waals surface area contributed by atoms with Gasteiger partial charge in [-0.1, -0.05) is 12.1 Å². The molecule has 1 aromatic rings. The van der Waals surface area contributed by atoms with Gasteiger partial charge in [-0.15, -0.1) is 0 Å². The summed E-state index contributed by atoms with van der Waals surface area (Å²) in [6.45, 7) is 4.47. The Hall–Kier alpha value is -2.04. The van der Waals surface area contributed by atoms with Crippen LogP contribution in [-0.2, 0) is 14.3 Å². The van der Waals surface area contributed by atoms with Gasteiger partial charge in [-0.25, -0.2) is 0 Å². The molecule has 0 atom stereocenters. The Labute approximate surface area is 125 Å². The molecule has 21 heavy (non-hydrogen) atoms. The molecular formula is C16H23NO4. The summed E-state index contributed by atoms with van der Waals surface area (Å²) in [7, 11) is 3.06. The quantitative estimate of drug-likeness (QED) is 0.722. The summed E-state index contributed by atoms with van der Waals surface area (Å²) in [5.74, 6) is 0.356.